The molecule has 0 atom stereocenters. The molecule has 9 nitrogen and oxygen atoms in total. The van der Waals surface area contributed by atoms with Gasteiger partial charge in [0.05, 0.1) is 12.1 Å². The minimum absolute atomic E-state index is 0.0476. The van der Waals surface area contributed by atoms with Crippen LogP contribution >= 0.6 is 0 Å². The van der Waals surface area contributed by atoms with E-state index in [1.165, 1.54) is 30.3 Å². The van der Waals surface area contributed by atoms with Crippen LogP contribution in [0.15, 0.2) is 41.3 Å². The van der Waals surface area contributed by atoms with Gasteiger partial charge in [0.15, 0.2) is 5.75 Å². The minimum Gasteiger partial charge on any atom is -0.505 e. The first-order chi connectivity index (χ1) is 15.7. The molecule has 1 aromatic carbocycles. The first-order valence-corrected chi connectivity index (χ1v) is 10.2. The number of benzene rings is 1. The van der Waals surface area contributed by atoms with Crippen molar-refractivity contribution in [2.24, 2.45) is 0 Å². The molecular formula is C23H25FN4O5. The highest BCUT2D eigenvalue weighted by molar-refractivity contribution is 6.02. The second kappa shape index (κ2) is 10.2. The number of rotatable bonds is 8. The number of ether oxygens (including phenoxy) is 1. The number of hydrogen-bond acceptors (Lipinski definition) is 6. The van der Waals surface area contributed by atoms with Gasteiger partial charge in [0.25, 0.3) is 11.5 Å². The number of carbonyl (C=O) groups is 2. The first kappa shape index (κ1) is 23.9. The summed E-state index contributed by atoms with van der Waals surface area (Å²) in [6.07, 6.45) is 1.94. The van der Waals surface area contributed by atoms with E-state index >= 15 is 0 Å². The van der Waals surface area contributed by atoms with Crippen LogP contribution in [-0.2, 0) is 16.0 Å². The Labute approximate surface area is 189 Å². The van der Waals surface area contributed by atoms with Crippen LogP contribution in [0.25, 0.3) is 11.0 Å². The van der Waals surface area contributed by atoms with E-state index < -0.39 is 22.8 Å². The second-order valence-electron chi connectivity index (χ2n) is 7.73. The zero-order chi connectivity index (χ0) is 24.1. The third-order valence-corrected chi connectivity index (χ3v) is 5.09. The molecule has 0 aliphatic heterocycles. The van der Waals surface area contributed by atoms with Crippen molar-refractivity contribution in [3.63, 3.8) is 0 Å². The lowest BCUT2D eigenvalue weighted by Gasteiger charge is -2.23. The van der Waals surface area contributed by atoms with Crippen molar-refractivity contribution in [1.29, 1.82) is 0 Å². The molecule has 3 rings (SSSR count). The van der Waals surface area contributed by atoms with Crippen molar-refractivity contribution >= 4 is 22.8 Å². The maximum absolute atomic E-state index is 13.1. The monoisotopic (exact) mass is 456 g/mol. The van der Waals surface area contributed by atoms with Gasteiger partial charge < -0.3 is 24.6 Å². The Kier molecular flexibility index (Phi) is 7.39. The van der Waals surface area contributed by atoms with Gasteiger partial charge in [-0.15, -0.1) is 0 Å². The average molecular weight is 456 g/mol. The molecule has 0 saturated carbocycles. The van der Waals surface area contributed by atoms with Gasteiger partial charge >= 0.3 is 0 Å². The van der Waals surface area contributed by atoms with Crippen LogP contribution in [0.1, 0.15) is 21.5 Å². The molecule has 0 unspecified atom stereocenters. The molecule has 174 valence electrons. The van der Waals surface area contributed by atoms with Crippen molar-refractivity contribution in [2.75, 3.05) is 40.9 Å². The number of nitrogens with zero attached hydrogens (tertiary/aromatic N) is 3. The van der Waals surface area contributed by atoms with E-state index in [1.807, 2.05) is 0 Å². The molecule has 0 aliphatic carbocycles. The van der Waals surface area contributed by atoms with Gasteiger partial charge in [0, 0.05) is 33.9 Å². The molecular weight excluding hydrogens is 431 g/mol. The van der Waals surface area contributed by atoms with E-state index in [9.17, 15) is 23.9 Å². The number of fused-ring (bicyclic) bond motifs is 1. The SMILES string of the molecule is COCCN(CC(=O)N(C)C)C(=O)c1c(O)c2ncc(Cc3ccc(F)cc3)cc2[nH]c1=O. The Bertz CT molecular complexity index is 1220. The maximum atomic E-state index is 13.1. The van der Waals surface area contributed by atoms with E-state index in [1.54, 1.807) is 32.3 Å². The van der Waals surface area contributed by atoms with E-state index in [4.69, 9.17) is 4.74 Å². The molecule has 2 N–H and O–H groups in total. The van der Waals surface area contributed by atoms with Crippen molar-refractivity contribution < 1.29 is 23.8 Å². The summed E-state index contributed by atoms with van der Waals surface area (Å²) >= 11 is 0. The highest BCUT2D eigenvalue weighted by Crippen LogP contribution is 2.25. The molecule has 0 radical (unpaired) electrons. The molecule has 33 heavy (non-hydrogen) atoms. The highest BCUT2D eigenvalue weighted by atomic mass is 19.1. The summed E-state index contributed by atoms with van der Waals surface area (Å²) < 4.78 is 18.1. The van der Waals surface area contributed by atoms with E-state index in [-0.39, 0.29) is 42.5 Å². The Balaban J connectivity index is 1.95. The van der Waals surface area contributed by atoms with Gasteiger partial charge in [-0.05, 0) is 35.7 Å². The summed E-state index contributed by atoms with van der Waals surface area (Å²) in [4.78, 5) is 47.3. The number of hydrogen-bond donors (Lipinski definition) is 2. The fourth-order valence-electron chi connectivity index (χ4n) is 3.25. The number of halogens is 1. The van der Waals surface area contributed by atoms with Crippen LogP contribution in [0.5, 0.6) is 5.75 Å². The van der Waals surface area contributed by atoms with E-state index in [0.717, 1.165) is 16.0 Å². The number of H-pyrrole nitrogens is 1. The fraction of sp³-hybridized carbons (Fsp3) is 0.304. The smallest absolute Gasteiger partial charge is 0.265 e. The van der Waals surface area contributed by atoms with Crippen LogP contribution in [0.4, 0.5) is 4.39 Å². The molecule has 0 saturated heterocycles. The Morgan fingerprint density at radius 2 is 1.88 bits per heavy atom. The molecule has 0 spiro atoms. The number of aromatic amines is 1. The summed E-state index contributed by atoms with van der Waals surface area (Å²) in [6.45, 7) is -0.0876. The molecule has 0 bridgehead atoms. The lowest BCUT2D eigenvalue weighted by molar-refractivity contribution is -0.129. The largest absolute Gasteiger partial charge is 0.505 e. The highest BCUT2D eigenvalue weighted by Gasteiger charge is 2.27. The normalized spacial score (nSPS) is 10.9. The summed E-state index contributed by atoms with van der Waals surface area (Å²) in [5.74, 6) is -2.06. The fourth-order valence-corrected chi connectivity index (χ4v) is 3.25. The molecule has 10 heteroatoms. The molecule has 0 fully saturated rings. The van der Waals surface area contributed by atoms with Crippen LogP contribution < -0.4 is 5.56 Å². The summed E-state index contributed by atoms with van der Waals surface area (Å²) in [5.41, 5.74) is 0.569. The maximum Gasteiger partial charge on any atom is 0.265 e. The van der Waals surface area contributed by atoms with E-state index in [0.29, 0.717) is 6.42 Å². The lowest BCUT2D eigenvalue weighted by atomic mass is 10.1. The van der Waals surface area contributed by atoms with Gasteiger partial charge in [-0.25, -0.2) is 4.39 Å². The number of carbonyl (C=O) groups excluding carboxylic acids is 2. The number of likely N-dealkylation sites (N-methyl/N-ethyl adjacent to an activating group) is 1. The summed E-state index contributed by atoms with van der Waals surface area (Å²) in [6, 6.07) is 7.63. The van der Waals surface area contributed by atoms with Gasteiger partial charge in [-0.3, -0.25) is 19.4 Å². The molecule has 0 aliphatic rings. The number of pyridine rings is 2. The molecule has 2 aromatic heterocycles. The van der Waals surface area contributed by atoms with Gasteiger partial charge in [-0.1, -0.05) is 12.1 Å². The number of aromatic hydroxyl groups is 1. The Morgan fingerprint density at radius 3 is 2.52 bits per heavy atom. The van der Waals surface area contributed by atoms with Gasteiger partial charge in [0.1, 0.15) is 23.4 Å². The third kappa shape index (κ3) is 5.53. The zero-order valence-electron chi connectivity index (χ0n) is 18.6. The summed E-state index contributed by atoms with van der Waals surface area (Å²) in [7, 11) is 4.55. The predicted octanol–water partition coefficient (Wildman–Crippen LogP) is 1.54. The molecule has 2 heterocycles. The Hall–Kier alpha value is -3.79. The van der Waals surface area contributed by atoms with Crippen LogP contribution in [0.3, 0.4) is 0 Å². The topological polar surface area (TPSA) is 116 Å². The van der Waals surface area contributed by atoms with Crippen LogP contribution in [0, 0.1) is 5.82 Å². The van der Waals surface area contributed by atoms with Crippen molar-refractivity contribution in [2.45, 2.75) is 6.42 Å². The third-order valence-electron chi connectivity index (χ3n) is 5.09. The Morgan fingerprint density at radius 1 is 1.18 bits per heavy atom. The van der Waals surface area contributed by atoms with Crippen molar-refractivity contribution in [3.05, 3.63) is 69.4 Å². The number of nitrogens with one attached hydrogen (secondary N) is 1. The summed E-state index contributed by atoms with van der Waals surface area (Å²) in [5, 5.41) is 10.7. The standard InChI is InChI=1S/C23H25FN4O5/c1-27(2)18(29)13-28(8-9-33-3)23(32)19-21(30)20-17(26-22(19)31)11-15(12-25-20)10-14-4-6-16(24)7-5-14/h4-7,11-12H,8-10,13H2,1-3H3,(H2,26,30,31). The van der Waals surface area contributed by atoms with Gasteiger partial charge in [0.2, 0.25) is 5.91 Å². The van der Waals surface area contributed by atoms with Gasteiger partial charge in [-0.2, -0.15) is 0 Å². The number of methoxy groups -OCH3 is 1. The predicted molar refractivity (Wildman–Crippen MR) is 120 cm³/mol. The van der Waals surface area contributed by atoms with Crippen LogP contribution in [0.2, 0.25) is 0 Å². The van der Waals surface area contributed by atoms with E-state index in [2.05, 4.69) is 9.97 Å². The average Bonchev–Trinajstić information content (AvgIpc) is 2.77. The quantitative estimate of drug-likeness (QED) is 0.531. The minimum atomic E-state index is -0.805. The second-order valence-corrected chi connectivity index (χ2v) is 7.73. The van der Waals surface area contributed by atoms with Crippen molar-refractivity contribution in [3.8, 4) is 5.75 Å². The molecule has 3 aromatic rings. The molecule has 2 amide bonds. The first-order valence-electron chi connectivity index (χ1n) is 10.2. The number of amides is 2. The van der Waals surface area contributed by atoms with Crippen molar-refractivity contribution in [1.82, 2.24) is 19.8 Å². The number of aromatic nitrogens is 2. The zero-order valence-corrected chi connectivity index (χ0v) is 18.6. The lowest BCUT2D eigenvalue weighted by Crippen LogP contribution is -2.43. The van der Waals surface area contributed by atoms with Crippen LogP contribution in [-0.4, -0.2) is 77.6 Å².